The summed E-state index contributed by atoms with van der Waals surface area (Å²) >= 11 is 0. The van der Waals surface area contributed by atoms with E-state index in [0.717, 1.165) is 18.9 Å². The van der Waals surface area contributed by atoms with Gasteiger partial charge in [-0.3, -0.25) is 0 Å². The standard InChI is InChI=1S/C13H27NO/c1-12(15)8-6-7-11-14(2)13-9-4-3-5-10-13/h12-13,15H,3-11H2,1-2H3/t12-/m1/s1. The summed E-state index contributed by atoms with van der Waals surface area (Å²) in [5, 5.41) is 9.15. The molecule has 2 nitrogen and oxygen atoms in total. The lowest BCUT2D eigenvalue weighted by molar-refractivity contribution is 0.167. The van der Waals surface area contributed by atoms with Gasteiger partial charge in [0.05, 0.1) is 6.10 Å². The van der Waals surface area contributed by atoms with Gasteiger partial charge in [0.25, 0.3) is 0 Å². The summed E-state index contributed by atoms with van der Waals surface area (Å²) in [5.41, 5.74) is 0. The molecule has 0 aromatic carbocycles. The zero-order valence-corrected chi connectivity index (χ0v) is 10.4. The van der Waals surface area contributed by atoms with Gasteiger partial charge in [-0.2, -0.15) is 0 Å². The summed E-state index contributed by atoms with van der Waals surface area (Å²) in [6.45, 7) is 3.09. The monoisotopic (exact) mass is 213 g/mol. The molecular formula is C13H27NO. The number of aliphatic hydroxyl groups excluding tert-OH is 1. The van der Waals surface area contributed by atoms with Crippen LogP contribution in [0.25, 0.3) is 0 Å². The third kappa shape index (κ3) is 5.53. The molecule has 1 saturated carbocycles. The van der Waals surface area contributed by atoms with Crippen molar-refractivity contribution in [1.29, 1.82) is 0 Å². The Morgan fingerprint density at radius 3 is 2.47 bits per heavy atom. The van der Waals surface area contributed by atoms with E-state index in [1.165, 1.54) is 45.1 Å². The first kappa shape index (κ1) is 13.0. The fourth-order valence-electron chi connectivity index (χ4n) is 2.51. The molecule has 0 bridgehead atoms. The Labute approximate surface area is 94.7 Å². The van der Waals surface area contributed by atoms with Crippen LogP contribution in [0.5, 0.6) is 0 Å². The highest BCUT2D eigenvalue weighted by Gasteiger charge is 2.17. The first-order valence-corrected chi connectivity index (χ1v) is 6.58. The Kier molecular flexibility index (Phi) is 6.26. The second kappa shape index (κ2) is 7.24. The van der Waals surface area contributed by atoms with E-state index in [1.54, 1.807) is 0 Å². The molecule has 15 heavy (non-hydrogen) atoms. The Morgan fingerprint density at radius 2 is 1.87 bits per heavy atom. The van der Waals surface area contributed by atoms with Crippen LogP contribution in [0, 0.1) is 0 Å². The highest BCUT2D eigenvalue weighted by molar-refractivity contribution is 4.73. The average Bonchev–Trinajstić information content (AvgIpc) is 2.25. The van der Waals surface area contributed by atoms with Crippen LogP contribution in [0.1, 0.15) is 58.3 Å². The van der Waals surface area contributed by atoms with E-state index in [-0.39, 0.29) is 6.10 Å². The molecule has 0 aliphatic heterocycles. The molecule has 1 N–H and O–H groups in total. The Balaban J connectivity index is 2.04. The second-order valence-electron chi connectivity index (χ2n) is 5.12. The quantitative estimate of drug-likeness (QED) is 0.686. The summed E-state index contributed by atoms with van der Waals surface area (Å²) in [6, 6.07) is 0.838. The third-order valence-corrected chi connectivity index (χ3v) is 3.58. The van der Waals surface area contributed by atoms with Gasteiger partial charge in [0, 0.05) is 6.04 Å². The van der Waals surface area contributed by atoms with E-state index in [4.69, 9.17) is 5.11 Å². The largest absolute Gasteiger partial charge is 0.393 e. The van der Waals surface area contributed by atoms with Crippen LogP contribution < -0.4 is 0 Å². The van der Waals surface area contributed by atoms with Gasteiger partial charge in [0.2, 0.25) is 0 Å². The molecule has 0 amide bonds. The molecule has 1 atom stereocenters. The maximum atomic E-state index is 9.15. The summed E-state index contributed by atoms with van der Waals surface area (Å²) < 4.78 is 0. The van der Waals surface area contributed by atoms with Gasteiger partial charge >= 0.3 is 0 Å². The average molecular weight is 213 g/mol. The predicted molar refractivity (Wildman–Crippen MR) is 65.0 cm³/mol. The lowest BCUT2D eigenvalue weighted by Gasteiger charge is -2.31. The van der Waals surface area contributed by atoms with Crippen molar-refractivity contribution in [2.45, 2.75) is 70.4 Å². The highest BCUT2D eigenvalue weighted by Crippen LogP contribution is 2.21. The van der Waals surface area contributed by atoms with Crippen molar-refractivity contribution >= 4 is 0 Å². The minimum atomic E-state index is -0.120. The van der Waals surface area contributed by atoms with Gasteiger partial charge in [-0.15, -0.1) is 0 Å². The molecule has 1 fully saturated rings. The second-order valence-corrected chi connectivity index (χ2v) is 5.12. The van der Waals surface area contributed by atoms with Crippen LogP contribution in [0.4, 0.5) is 0 Å². The topological polar surface area (TPSA) is 23.5 Å². The van der Waals surface area contributed by atoms with E-state index in [2.05, 4.69) is 11.9 Å². The van der Waals surface area contributed by atoms with Gasteiger partial charge in [-0.1, -0.05) is 19.3 Å². The van der Waals surface area contributed by atoms with Crippen LogP contribution in [-0.4, -0.2) is 35.7 Å². The molecule has 0 aromatic heterocycles. The lowest BCUT2D eigenvalue weighted by atomic mass is 9.94. The van der Waals surface area contributed by atoms with Crippen LogP contribution in [-0.2, 0) is 0 Å². The van der Waals surface area contributed by atoms with Crippen LogP contribution >= 0.6 is 0 Å². The van der Waals surface area contributed by atoms with Crippen LogP contribution in [0.2, 0.25) is 0 Å². The normalized spacial score (nSPS) is 20.8. The fourth-order valence-corrected chi connectivity index (χ4v) is 2.51. The maximum absolute atomic E-state index is 9.15. The number of nitrogens with zero attached hydrogens (tertiary/aromatic N) is 1. The van der Waals surface area contributed by atoms with Crippen molar-refractivity contribution < 1.29 is 5.11 Å². The Bertz CT molecular complexity index is 153. The smallest absolute Gasteiger partial charge is 0.0512 e. The molecule has 1 aliphatic carbocycles. The van der Waals surface area contributed by atoms with E-state index in [9.17, 15) is 0 Å². The lowest BCUT2D eigenvalue weighted by Crippen LogP contribution is -2.34. The van der Waals surface area contributed by atoms with Crippen molar-refractivity contribution in [3.8, 4) is 0 Å². The molecule has 0 unspecified atom stereocenters. The predicted octanol–water partition coefficient (Wildman–Crippen LogP) is 2.80. The third-order valence-electron chi connectivity index (χ3n) is 3.58. The van der Waals surface area contributed by atoms with Crippen molar-refractivity contribution in [2.75, 3.05) is 13.6 Å². The van der Waals surface area contributed by atoms with E-state index in [1.807, 2.05) is 6.92 Å². The van der Waals surface area contributed by atoms with Gasteiger partial charge in [0.1, 0.15) is 0 Å². The molecule has 1 rings (SSSR count). The first-order chi connectivity index (χ1) is 7.20. The Morgan fingerprint density at radius 1 is 1.20 bits per heavy atom. The van der Waals surface area contributed by atoms with Crippen LogP contribution in [0.15, 0.2) is 0 Å². The molecule has 0 saturated heterocycles. The van der Waals surface area contributed by atoms with E-state index in [0.29, 0.717) is 0 Å². The zero-order chi connectivity index (χ0) is 11.1. The van der Waals surface area contributed by atoms with Gasteiger partial charge in [-0.25, -0.2) is 0 Å². The Hall–Kier alpha value is -0.0800. The number of aliphatic hydroxyl groups is 1. The summed E-state index contributed by atoms with van der Waals surface area (Å²) in [6.07, 6.45) is 10.3. The molecule has 1 aliphatic rings. The molecule has 0 radical (unpaired) electrons. The van der Waals surface area contributed by atoms with Crippen molar-refractivity contribution in [2.24, 2.45) is 0 Å². The first-order valence-electron chi connectivity index (χ1n) is 6.58. The summed E-state index contributed by atoms with van der Waals surface area (Å²) in [7, 11) is 2.26. The van der Waals surface area contributed by atoms with Gasteiger partial charge in [0.15, 0.2) is 0 Å². The molecule has 0 aromatic rings. The molecule has 90 valence electrons. The summed E-state index contributed by atoms with van der Waals surface area (Å²) in [5.74, 6) is 0. The highest BCUT2D eigenvalue weighted by atomic mass is 16.3. The summed E-state index contributed by atoms with van der Waals surface area (Å²) in [4.78, 5) is 2.53. The number of unbranched alkanes of at least 4 members (excludes halogenated alkanes) is 1. The maximum Gasteiger partial charge on any atom is 0.0512 e. The van der Waals surface area contributed by atoms with Gasteiger partial charge in [-0.05, 0) is 52.6 Å². The molecule has 0 heterocycles. The van der Waals surface area contributed by atoms with Gasteiger partial charge < -0.3 is 10.0 Å². The molecule has 2 heteroatoms. The van der Waals surface area contributed by atoms with E-state index >= 15 is 0 Å². The van der Waals surface area contributed by atoms with E-state index < -0.39 is 0 Å². The van der Waals surface area contributed by atoms with Crippen molar-refractivity contribution in [1.82, 2.24) is 4.90 Å². The fraction of sp³-hybridized carbons (Fsp3) is 1.00. The molecule has 0 spiro atoms. The van der Waals surface area contributed by atoms with Crippen molar-refractivity contribution in [3.63, 3.8) is 0 Å². The van der Waals surface area contributed by atoms with Crippen LogP contribution in [0.3, 0.4) is 0 Å². The minimum absolute atomic E-state index is 0.120. The SMILES string of the molecule is C[C@@H](O)CCCCN(C)C1CCCCC1. The molecular weight excluding hydrogens is 186 g/mol. The minimum Gasteiger partial charge on any atom is -0.393 e. The number of hydrogen-bond donors (Lipinski definition) is 1. The number of hydrogen-bond acceptors (Lipinski definition) is 2. The zero-order valence-electron chi connectivity index (χ0n) is 10.4. The number of rotatable bonds is 6. The van der Waals surface area contributed by atoms with Crippen molar-refractivity contribution in [3.05, 3.63) is 0 Å².